The average Bonchev–Trinajstić information content (AvgIpc) is 2.35. The molecule has 0 radical (unpaired) electrons. The van der Waals surface area contributed by atoms with E-state index in [1.54, 1.807) is 0 Å². The SMILES string of the molecule is C#CCNC(=O)C(C)NC1(CO)CCCC(C)C1. The smallest absolute Gasteiger partial charge is 0.237 e. The first-order valence-corrected chi connectivity index (χ1v) is 6.63. The first-order chi connectivity index (χ1) is 8.53. The topological polar surface area (TPSA) is 61.4 Å². The van der Waals surface area contributed by atoms with Gasteiger partial charge in [0.25, 0.3) is 0 Å². The van der Waals surface area contributed by atoms with Gasteiger partial charge in [-0.25, -0.2) is 0 Å². The van der Waals surface area contributed by atoms with Crippen molar-refractivity contribution in [1.29, 1.82) is 0 Å². The van der Waals surface area contributed by atoms with Gasteiger partial charge in [0.15, 0.2) is 0 Å². The molecule has 0 aromatic heterocycles. The van der Waals surface area contributed by atoms with Crippen molar-refractivity contribution in [2.45, 2.75) is 51.1 Å². The van der Waals surface area contributed by atoms with Crippen molar-refractivity contribution in [1.82, 2.24) is 10.6 Å². The highest BCUT2D eigenvalue weighted by Gasteiger charge is 2.36. The highest BCUT2D eigenvalue weighted by molar-refractivity contribution is 5.81. The molecule has 3 unspecified atom stereocenters. The Labute approximate surface area is 110 Å². The van der Waals surface area contributed by atoms with E-state index in [0.717, 1.165) is 19.3 Å². The second kappa shape index (κ2) is 6.77. The maximum Gasteiger partial charge on any atom is 0.237 e. The highest BCUT2D eigenvalue weighted by Crippen LogP contribution is 2.32. The lowest BCUT2D eigenvalue weighted by molar-refractivity contribution is -0.123. The van der Waals surface area contributed by atoms with Gasteiger partial charge in [-0.2, -0.15) is 0 Å². The molecule has 0 spiro atoms. The van der Waals surface area contributed by atoms with Gasteiger partial charge in [-0.05, 0) is 25.7 Å². The van der Waals surface area contributed by atoms with Gasteiger partial charge in [-0.3, -0.25) is 10.1 Å². The van der Waals surface area contributed by atoms with Crippen molar-refractivity contribution in [3.63, 3.8) is 0 Å². The van der Waals surface area contributed by atoms with E-state index in [-0.39, 0.29) is 30.6 Å². The van der Waals surface area contributed by atoms with Gasteiger partial charge in [0.1, 0.15) is 0 Å². The molecule has 0 saturated heterocycles. The van der Waals surface area contributed by atoms with Gasteiger partial charge >= 0.3 is 0 Å². The molecule has 1 amide bonds. The lowest BCUT2D eigenvalue weighted by atomic mass is 9.76. The normalized spacial score (nSPS) is 29.3. The molecule has 102 valence electrons. The Morgan fingerprint density at radius 2 is 2.39 bits per heavy atom. The molecule has 1 fully saturated rings. The van der Waals surface area contributed by atoms with Crippen LogP contribution in [-0.4, -0.2) is 35.7 Å². The second-order valence-electron chi connectivity index (χ2n) is 5.43. The van der Waals surface area contributed by atoms with Crippen LogP contribution in [0.25, 0.3) is 0 Å². The number of aliphatic hydroxyl groups is 1. The number of rotatable bonds is 5. The Kier molecular flexibility index (Phi) is 5.64. The monoisotopic (exact) mass is 252 g/mol. The van der Waals surface area contributed by atoms with Gasteiger partial charge in [0.2, 0.25) is 5.91 Å². The van der Waals surface area contributed by atoms with Crippen LogP contribution in [0.1, 0.15) is 39.5 Å². The molecule has 1 aliphatic rings. The van der Waals surface area contributed by atoms with Crippen molar-refractivity contribution >= 4 is 5.91 Å². The number of hydrogen-bond donors (Lipinski definition) is 3. The Morgan fingerprint density at radius 1 is 1.67 bits per heavy atom. The van der Waals surface area contributed by atoms with Crippen LogP contribution in [0.3, 0.4) is 0 Å². The quantitative estimate of drug-likeness (QED) is 0.630. The molecular formula is C14H24N2O2. The third kappa shape index (κ3) is 4.01. The standard InChI is InChI=1S/C14H24N2O2/c1-4-8-15-13(18)12(3)16-14(10-17)7-5-6-11(2)9-14/h1,11-12,16-17H,5-10H2,2-3H3,(H,15,18). The summed E-state index contributed by atoms with van der Waals surface area (Å²) in [6.45, 7) is 4.31. The van der Waals surface area contributed by atoms with E-state index in [1.807, 2.05) is 6.92 Å². The first-order valence-electron chi connectivity index (χ1n) is 6.63. The fraction of sp³-hybridized carbons (Fsp3) is 0.786. The molecule has 1 rings (SSSR count). The maximum atomic E-state index is 11.8. The Hall–Kier alpha value is -1.05. The number of carbonyl (C=O) groups excluding carboxylic acids is 1. The molecule has 0 bridgehead atoms. The minimum absolute atomic E-state index is 0.0735. The number of hydrogen-bond acceptors (Lipinski definition) is 3. The van der Waals surface area contributed by atoms with E-state index in [0.29, 0.717) is 5.92 Å². The summed E-state index contributed by atoms with van der Waals surface area (Å²) in [6, 6.07) is -0.337. The Balaban J connectivity index is 2.56. The summed E-state index contributed by atoms with van der Waals surface area (Å²) in [4.78, 5) is 11.8. The van der Waals surface area contributed by atoms with Crippen LogP contribution in [0.15, 0.2) is 0 Å². The van der Waals surface area contributed by atoms with E-state index in [1.165, 1.54) is 6.42 Å². The van der Waals surface area contributed by atoms with E-state index in [4.69, 9.17) is 6.42 Å². The van der Waals surface area contributed by atoms with E-state index in [9.17, 15) is 9.90 Å². The Bertz CT molecular complexity index is 324. The number of amides is 1. The minimum Gasteiger partial charge on any atom is -0.394 e. The molecule has 3 atom stereocenters. The molecule has 4 nitrogen and oxygen atoms in total. The van der Waals surface area contributed by atoms with Gasteiger partial charge < -0.3 is 10.4 Å². The molecule has 0 aromatic rings. The number of aliphatic hydroxyl groups excluding tert-OH is 1. The van der Waals surface area contributed by atoms with Gasteiger partial charge in [-0.1, -0.05) is 25.7 Å². The lowest BCUT2D eigenvalue weighted by Crippen LogP contribution is -2.58. The van der Waals surface area contributed by atoms with Crippen LogP contribution < -0.4 is 10.6 Å². The van der Waals surface area contributed by atoms with Crippen LogP contribution in [0.4, 0.5) is 0 Å². The van der Waals surface area contributed by atoms with Crippen LogP contribution in [0, 0.1) is 18.3 Å². The summed E-state index contributed by atoms with van der Waals surface area (Å²) < 4.78 is 0. The zero-order chi connectivity index (χ0) is 13.6. The third-order valence-electron chi connectivity index (χ3n) is 3.67. The van der Waals surface area contributed by atoms with Gasteiger partial charge in [0, 0.05) is 5.54 Å². The van der Waals surface area contributed by atoms with Crippen LogP contribution in [0.5, 0.6) is 0 Å². The fourth-order valence-corrected chi connectivity index (χ4v) is 2.80. The second-order valence-corrected chi connectivity index (χ2v) is 5.43. The lowest BCUT2D eigenvalue weighted by Gasteiger charge is -2.41. The summed E-state index contributed by atoms with van der Waals surface area (Å²) in [6.07, 6.45) is 9.22. The summed E-state index contributed by atoms with van der Waals surface area (Å²) in [7, 11) is 0. The largest absolute Gasteiger partial charge is 0.394 e. The molecule has 1 saturated carbocycles. The van der Waals surface area contributed by atoms with E-state index in [2.05, 4.69) is 23.5 Å². The van der Waals surface area contributed by atoms with Crippen molar-refractivity contribution in [2.75, 3.05) is 13.2 Å². The van der Waals surface area contributed by atoms with Crippen LogP contribution >= 0.6 is 0 Å². The molecule has 4 heteroatoms. The van der Waals surface area contributed by atoms with Crippen molar-refractivity contribution in [2.24, 2.45) is 5.92 Å². The summed E-state index contributed by atoms with van der Waals surface area (Å²) in [5, 5.41) is 15.6. The first kappa shape index (κ1) is 15.0. The molecule has 0 heterocycles. The number of terminal acetylenes is 1. The summed E-state index contributed by atoms with van der Waals surface area (Å²) in [5.41, 5.74) is -0.315. The van der Waals surface area contributed by atoms with Crippen molar-refractivity contribution < 1.29 is 9.90 Å². The molecule has 3 N–H and O–H groups in total. The summed E-state index contributed by atoms with van der Waals surface area (Å²) >= 11 is 0. The molecule has 18 heavy (non-hydrogen) atoms. The number of nitrogens with one attached hydrogen (secondary N) is 2. The van der Waals surface area contributed by atoms with Crippen LogP contribution in [0.2, 0.25) is 0 Å². The van der Waals surface area contributed by atoms with Crippen LogP contribution in [-0.2, 0) is 4.79 Å². The molecular weight excluding hydrogens is 228 g/mol. The minimum atomic E-state index is -0.337. The van der Waals surface area contributed by atoms with Crippen molar-refractivity contribution in [3.05, 3.63) is 0 Å². The predicted molar refractivity (Wildman–Crippen MR) is 71.9 cm³/mol. The fourth-order valence-electron chi connectivity index (χ4n) is 2.80. The molecule has 0 aliphatic heterocycles. The average molecular weight is 252 g/mol. The third-order valence-corrected chi connectivity index (χ3v) is 3.67. The number of carbonyl (C=O) groups is 1. The Morgan fingerprint density at radius 3 is 2.94 bits per heavy atom. The van der Waals surface area contributed by atoms with Crippen molar-refractivity contribution in [3.8, 4) is 12.3 Å². The van der Waals surface area contributed by atoms with Gasteiger partial charge in [0.05, 0.1) is 19.2 Å². The maximum absolute atomic E-state index is 11.8. The zero-order valence-electron chi connectivity index (χ0n) is 11.3. The highest BCUT2D eigenvalue weighted by atomic mass is 16.3. The predicted octanol–water partition coefficient (Wildman–Crippen LogP) is 0.655. The van der Waals surface area contributed by atoms with E-state index >= 15 is 0 Å². The molecule has 0 aromatic carbocycles. The van der Waals surface area contributed by atoms with E-state index < -0.39 is 0 Å². The zero-order valence-corrected chi connectivity index (χ0v) is 11.3. The summed E-state index contributed by atoms with van der Waals surface area (Å²) in [5.74, 6) is 2.85. The molecule has 1 aliphatic carbocycles. The van der Waals surface area contributed by atoms with Gasteiger partial charge in [-0.15, -0.1) is 6.42 Å².